The Kier molecular flexibility index (Phi) is 9.53. The second-order valence-corrected chi connectivity index (χ2v) is 12.2. The highest BCUT2D eigenvalue weighted by Gasteiger charge is 2.34. The number of sulfonamides is 1. The Balaban J connectivity index is 1.70. The van der Waals surface area contributed by atoms with Crippen molar-refractivity contribution in [2.75, 3.05) is 10.8 Å². The Labute approximate surface area is 239 Å². The third-order valence-corrected chi connectivity index (χ3v) is 9.46. The van der Waals surface area contributed by atoms with E-state index in [-0.39, 0.29) is 39.1 Å². The van der Waals surface area contributed by atoms with Crippen LogP contribution in [0.5, 0.6) is 0 Å². The summed E-state index contributed by atoms with van der Waals surface area (Å²) < 4.78 is 28.6. The summed E-state index contributed by atoms with van der Waals surface area (Å²) in [5, 5.41) is 3.21. The number of carbonyl (C=O) groups is 2. The number of halogens is 2. The molecule has 1 aliphatic rings. The van der Waals surface area contributed by atoms with E-state index in [1.807, 2.05) is 30.3 Å². The van der Waals surface area contributed by atoms with E-state index in [9.17, 15) is 18.0 Å². The number of hydrogen-bond acceptors (Lipinski definition) is 4. The molecule has 1 fully saturated rings. The van der Waals surface area contributed by atoms with E-state index in [0.717, 1.165) is 35.6 Å². The first-order valence-corrected chi connectivity index (χ1v) is 15.0. The lowest BCUT2D eigenvalue weighted by Crippen LogP contribution is -2.52. The van der Waals surface area contributed by atoms with Crippen LogP contribution in [0.25, 0.3) is 0 Å². The molecule has 206 valence electrons. The van der Waals surface area contributed by atoms with Gasteiger partial charge < -0.3 is 10.2 Å². The number of carbonyl (C=O) groups excluding carboxylic acids is 2. The molecule has 2 amide bonds. The number of hydrogen-bond donors (Lipinski definition) is 1. The zero-order chi connectivity index (χ0) is 28.0. The topological polar surface area (TPSA) is 86.8 Å². The van der Waals surface area contributed by atoms with Crippen LogP contribution in [-0.2, 0) is 26.2 Å². The van der Waals surface area contributed by atoms with Gasteiger partial charge in [0.25, 0.3) is 10.0 Å². The van der Waals surface area contributed by atoms with Gasteiger partial charge in [0.2, 0.25) is 11.8 Å². The summed E-state index contributed by atoms with van der Waals surface area (Å²) in [5.74, 6) is -0.826. The van der Waals surface area contributed by atoms with Crippen LogP contribution >= 0.6 is 23.2 Å². The van der Waals surface area contributed by atoms with Crippen molar-refractivity contribution < 1.29 is 18.0 Å². The number of nitrogens with zero attached hydrogens (tertiary/aromatic N) is 2. The molecule has 0 spiro atoms. The van der Waals surface area contributed by atoms with Gasteiger partial charge in [-0.25, -0.2) is 8.42 Å². The molecule has 0 aromatic heterocycles. The van der Waals surface area contributed by atoms with Crippen molar-refractivity contribution in [1.82, 2.24) is 10.2 Å². The Morgan fingerprint density at radius 2 is 1.54 bits per heavy atom. The van der Waals surface area contributed by atoms with E-state index in [0.29, 0.717) is 0 Å². The van der Waals surface area contributed by atoms with Crippen LogP contribution in [0.15, 0.2) is 83.8 Å². The third-order valence-electron chi connectivity index (χ3n) is 6.87. The van der Waals surface area contributed by atoms with Gasteiger partial charge in [-0.1, -0.05) is 90.6 Å². The van der Waals surface area contributed by atoms with Crippen molar-refractivity contribution in [2.45, 2.75) is 56.1 Å². The number of nitrogens with one attached hydrogen (secondary N) is 1. The molecule has 0 unspecified atom stereocenters. The van der Waals surface area contributed by atoms with Gasteiger partial charge in [-0.15, -0.1) is 0 Å². The molecule has 0 radical (unpaired) electrons. The fourth-order valence-electron chi connectivity index (χ4n) is 4.67. The molecule has 0 bridgehead atoms. The number of benzene rings is 3. The van der Waals surface area contributed by atoms with Crippen molar-refractivity contribution in [1.29, 1.82) is 0 Å². The van der Waals surface area contributed by atoms with Gasteiger partial charge in [0, 0.05) is 12.6 Å². The molecule has 39 heavy (non-hydrogen) atoms. The minimum atomic E-state index is -4.22. The largest absolute Gasteiger partial charge is 0.352 e. The molecule has 4 rings (SSSR count). The molecule has 0 aliphatic heterocycles. The van der Waals surface area contributed by atoms with E-state index >= 15 is 0 Å². The average Bonchev–Trinajstić information content (AvgIpc) is 3.45. The van der Waals surface area contributed by atoms with E-state index in [2.05, 4.69) is 5.32 Å². The van der Waals surface area contributed by atoms with Crippen molar-refractivity contribution >= 4 is 50.7 Å². The molecule has 7 nitrogen and oxygen atoms in total. The highest BCUT2D eigenvalue weighted by atomic mass is 35.5. The molecule has 0 heterocycles. The van der Waals surface area contributed by atoms with E-state index < -0.39 is 28.5 Å². The maximum absolute atomic E-state index is 14.0. The summed E-state index contributed by atoms with van der Waals surface area (Å²) in [6, 6.07) is 20.9. The lowest BCUT2D eigenvalue weighted by atomic mass is 10.1. The lowest BCUT2D eigenvalue weighted by molar-refractivity contribution is -0.139. The van der Waals surface area contributed by atoms with Crippen LogP contribution in [0.3, 0.4) is 0 Å². The maximum atomic E-state index is 14.0. The van der Waals surface area contributed by atoms with Gasteiger partial charge in [0.15, 0.2) is 0 Å². The smallest absolute Gasteiger partial charge is 0.264 e. The monoisotopic (exact) mass is 587 g/mol. The van der Waals surface area contributed by atoms with Crippen LogP contribution in [0.2, 0.25) is 10.0 Å². The van der Waals surface area contributed by atoms with Crippen molar-refractivity contribution in [3.63, 3.8) is 0 Å². The standard InChI is InChI=1S/C29H31Cl2N3O4S/c1-21(29(36)32-23-13-8-9-14-23)33(19-22-11-4-2-5-12-22)27(35)20-34(26-18-10-17-25(30)28(26)31)39(37,38)24-15-6-3-7-16-24/h2-7,10-12,15-18,21,23H,8-9,13-14,19-20H2,1H3,(H,32,36)/t21-/m1/s1. The predicted molar refractivity (Wildman–Crippen MR) is 154 cm³/mol. The summed E-state index contributed by atoms with van der Waals surface area (Å²) in [5.41, 5.74) is 0.883. The summed E-state index contributed by atoms with van der Waals surface area (Å²) in [7, 11) is -4.22. The van der Waals surface area contributed by atoms with Gasteiger partial charge in [-0.05, 0) is 49.6 Å². The van der Waals surface area contributed by atoms with Gasteiger partial charge >= 0.3 is 0 Å². The molecule has 1 aliphatic carbocycles. The fourth-order valence-corrected chi connectivity index (χ4v) is 6.57. The highest BCUT2D eigenvalue weighted by Crippen LogP contribution is 2.35. The predicted octanol–water partition coefficient (Wildman–Crippen LogP) is 5.66. The zero-order valence-corrected chi connectivity index (χ0v) is 23.9. The molecule has 1 N–H and O–H groups in total. The number of amides is 2. The zero-order valence-electron chi connectivity index (χ0n) is 21.6. The van der Waals surface area contributed by atoms with Gasteiger partial charge in [0.05, 0.1) is 20.6 Å². The molecule has 1 saturated carbocycles. The first-order chi connectivity index (χ1) is 18.7. The summed E-state index contributed by atoms with van der Waals surface area (Å²) >= 11 is 12.7. The number of anilines is 1. The van der Waals surface area contributed by atoms with Crippen LogP contribution in [-0.4, -0.2) is 43.8 Å². The second-order valence-electron chi connectivity index (χ2n) is 9.57. The quantitative estimate of drug-likeness (QED) is 0.331. The first kappa shape index (κ1) is 28.9. The van der Waals surface area contributed by atoms with Crippen molar-refractivity contribution in [2.24, 2.45) is 0 Å². The van der Waals surface area contributed by atoms with Crippen LogP contribution in [0, 0.1) is 0 Å². The summed E-state index contributed by atoms with van der Waals surface area (Å²) in [4.78, 5) is 28.6. The van der Waals surface area contributed by atoms with Gasteiger partial charge in [0.1, 0.15) is 12.6 Å². The Bertz CT molecular complexity index is 1400. The Morgan fingerprint density at radius 1 is 0.923 bits per heavy atom. The van der Waals surface area contributed by atoms with E-state index in [1.165, 1.54) is 23.1 Å². The molecular formula is C29H31Cl2N3O4S. The van der Waals surface area contributed by atoms with Crippen LogP contribution in [0.1, 0.15) is 38.2 Å². The minimum absolute atomic E-state index is 0.00419. The molecule has 3 aromatic rings. The van der Waals surface area contributed by atoms with Crippen molar-refractivity contribution in [3.8, 4) is 0 Å². The Morgan fingerprint density at radius 3 is 2.18 bits per heavy atom. The minimum Gasteiger partial charge on any atom is -0.352 e. The van der Waals surface area contributed by atoms with Crippen LogP contribution in [0.4, 0.5) is 5.69 Å². The average molecular weight is 589 g/mol. The Hall–Kier alpha value is -3.07. The molecular weight excluding hydrogens is 557 g/mol. The van der Waals surface area contributed by atoms with Gasteiger partial charge in [-0.2, -0.15) is 0 Å². The lowest BCUT2D eigenvalue weighted by Gasteiger charge is -2.32. The third kappa shape index (κ3) is 6.93. The fraction of sp³-hybridized carbons (Fsp3) is 0.310. The molecule has 0 saturated heterocycles. The van der Waals surface area contributed by atoms with Crippen molar-refractivity contribution in [3.05, 3.63) is 94.5 Å². The SMILES string of the molecule is C[C@H](C(=O)NC1CCCC1)N(Cc1ccccc1)C(=O)CN(c1cccc(Cl)c1Cl)S(=O)(=O)c1ccccc1. The van der Waals surface area contributed by atoms with Crippen LogP contribution < -0.4 is 9.62 Å². The maximum Gasteiger partial charge on any atom is 0.264 e. The summed E-state index contributed by atoms with van der Waals surface area (Å²) in [6.07, 6.45) is 3.92. The molecule has 10 heteroatoms. The van der Waals surface area contributed by atoms with E-state index in [1.54, 1.807) is 37.3 Å². The second kappa shape index (κ2) is 12.9. The normalized spacial score (nSPS) is 14.5. The number of rotatable bonds is 10. The van der Waals surface area contributed by atoms with Gasteiger partial charge in [-0.3, -0.25) is 13.9 Å². The summed E-state index contributed by atoms with van der Waals surface area (Å²) in [6.45, 7) is 1.21. The first-order valence-electron chi connectivity index (χ1n) is 12.8. The molecule has 3 aromatic carbocycles. The highest BCUT2D eigenvalue weighted by molar-refractivity contribution is 7.92. The molecule has 1 atom stereocenters. The van der Waals surface area contributed by atoms with E-state index in [4.69, 9.17) is 23.2 Å².